The van der Waals surface area contributed by atoms with Gasteiger partial charge in [-0.05, 0) is 56.6 Å². The number of nitrogens with zero attached hydrogens (tertiary/aromatic N) is 1. The number of phenols is 1. The first kappa shape index (κ1) is 15.1. The topological polar surface area (TPSA) is 52.6 Å². The van der Waals surface area contributed by atoms with Crippen molar-refractivity contribution < 1.29 is 9.90 Å². The van der Waals surface area contributed by atoms with E-state index in [0.717, 1.165) is 25.9 Å². The van der Waals surface area contributed by atoms with Gasteiger partial charge in [-0.2, -0.15) is 0 Å². The normalized spacial score (nSPS) is 18.8. The lowest BCUT2D eigenvalue weighted by molar-refractivity contribution is 0.0891. The second-order valence-corrected chi connectivity index (χ2v) is 6.37. The molecular weight excluding hydrogens is 276 g/mol. The average Bonchev–Trinajstić information content (AvgIpc) is 2.43. The van der Waals surface area contributed by atoms with Gasteiger partial charge in [0.1, 0.15) is 5.75 Å². The maximum atomic E-state index is 12.1. The molecule has 0 radical (unpaired) electrons. The highest BCUT2D eigenvalue weighted by molar-refractivity contribution is 6.33. The number of benzene rings is 1. The van der Waals surface area contributed by atoms with Crippen molar-refractivity contribution in [3.8, 4) is 5.75 Å². The van der Waals surface area contributed by atoms with Gasteiger partial charge in [-0.3, -0.25) is 4.79 Å². The molecule has 1 aromatic rings. The van der Waals surface area contributed by atoms with Crippen LogP contribution in [0.4, 0.5) is 0 Å². The molecule has 1 aliphatic heterocycles. The zero-order valence-corrected chi connectivity index (χ0v) is 12.7. The molecule has 0 spiro atoms. The molecule has 2 N–H and O–H groups in total. The molecule has 110 valence electrons. The monoisotopic (exact) mass is 296 g/mol. The number of rotatable bonds is 3. The summed E-state index contributed by atoms with van der Waals surface area (Å²) in [7, 11) is 2.12. The van der Waals surface area contributed by atoms with E-state index in [9.17, 15) is 9.90 Å². The van der Waals surface area contributed by atoms with Crippen LogP contribution in [0, 0.1) is 5.41 Å². The number of carbonyl (C=O) groups is 1. The van der Waals surface area contributed by atoms with Gasteiger partial charge in [-0.25, -0.2) is 0 Å². The number of phenolic OH excluding ortho intramolecular Hbond substituents is 1. The summed E-state index contributed by atoms with van der Waals surface area (Å²) in [5.74, 6) is -0.184. The van der Waals surface area contributed by atoms with Gasteiger partial charge in [0.15, 0.2) is 0 Å². The van der Waals surface area contributed by atoms with Gasteiger partial charge in [0.2, 0.25) is 0 Å². The molecule has 1 aromatic carbocycles. The third kappa shape index (κ3) is 3.64. The maximum absolute atomic E-state index is 12.1. The van der Waals surface area contributed by atoms with E-state index in [2.05, 4.69) is 24.2 Å². The molecular formula is C15H21ClN2O2. The Kier molecular flexibility index (Phi) is 4.55. The van der Waals surface area contributed by atoms with E-state index >= 15 is 0 Å². The van der Waals surface area contributed by atoms with Crippen molar-refractivity contribution in [1.82, 2.24) is 10.2 Å². The SMILES string of the molecule is CN1CCC(C)(CNC(=O)c2cc(O)ccc2Cl)CC1. The number of amides is 1. The molecule has 5 heteroatoms. The van der Waals surface area contributed by atoms with Crippen LogP contribution in [-0.4, -0.2) is 42.6 Å². The summed E-state index contributed by atoms with van der Waals surface area (Å²) in [6.45, 7) is 4.94. The molecule has 20 heavy (non-hydrogen) atoms. The van der Waals surface area contributed by atoms with Crippen molar-refractivity contribution >= 4 is 17.5 Å². The minimum Gasteiger partial charge on any atom is -0.508 e. The van der Waals surface area contributed by atoms with Gasteiger partial charge in [0.25, 0.3) is 5.91 Å². The lowest BCUT2D eigenvalue weighted by Gasteiger charge is -2.37. The summed E-state index contributed by atoms with van der Waals surface area (Å²) in [4.78, 5) is 14.5. The number of hydrogen-bond donors (Lipinski definition) is 2. The van der Waals surface area contributed by atoms with Crippen LogP contribution < -0.4 is 5.32 Å². The molecule has 1 saturated heterocycles. The molecule has 0 atom stereocenters. The molecule has 1 fully saturated rings. The molecule has 0 aromatic heterocycles. The number of carbonyl (C=O) groups excluding carboxylic acids is 1. The van der Waals surface area contributed by atoms with Gasteiger partial charge < -0.3 is 15.3 Å². The molecule has 1 heterocycles. The maximum Gasteiger partial charge on any atom is 0.252 e. The van der Waals surface area contributed by atoms with Crippen LogP contribution in [-0.2, 0) is 0 Å². The highest BCUT2D eigenvalue weighted by Gasteiger charge is 2.29. The van der Waals surface area contributed by atoms with Crippen LogP contribution >= 0.6 is 11.6 Å². The van der Waals surface area contributed by atoms with Crippen molar-refractivity contribution in [1.29, 1.82) is 0 Å². The number of aromatic hydroxyl groups is 1. The van der Waals surface area contributed by atoms with Crippen molar-refractivity contribution in [2.75, 3.05) is 26.7 Å². The molecule has 4 nitrogen and oxygen atoms in total. The van der Waals surface area contributed by atoms with Crippen molar-refractivity contribution in [2.45, 2.75) is 19.8 Å². The Bertz CT molecular complexity index is 497. The smallest absolute Gasteiger partial charge is 0.252 e. The highest BCUT2D eigenvalue weighted by Crippen LogP contribution is 2.29. The zero-order valence-electron chi connectivity index (χ0n) is 11.9. The van der Waals surface area contributed by atoms with E-state index in [1.165, 1.54) is 18.2 Å². The predicted molar refractivity (Wildman–Crippen MR) is 80.3 cm³/mol. The number of halogens is 1. The van der Waals surface area contributed by atoms with Crippen LogP contribution in [0.15, 0.2) is 18.2 Å². The predicted octanol–water partition coefficient (Wildman–Crippen LogP) is 2.51. The number of piperidine rings is 1. The Hall–Kier alpha value is -1.26. The van der Waals surface area contributed by atoms with E-state index in [0.29, 0.717) is 17.1 Å². The third-order valence-electron chi connectivity index (χ3n) is 4.06. The van der Waals surface area contributed by atoms with Crippen LogP contribution in [0.3, 0.4) is 0 Å². The van der Waals surface area contributed by atoms with Crippen molar-refractivity contribution in [2.24, 2.45) is 5.41 Å². The average molecular weight is 297 g/mol. The molecule has 2 rings (SSSR count). The summed E-state index contributed by atoms with van der Waals surface area (Å²) in [5.41, 5.74) is 0.453. The van der Waals surface area contributed by atoms with E-state index in [1.54, 1.807) is 0 Å². The van der Waals surface area contributed by atoms with E-state index in [1.807, 2.05) is 0 Å². The minimum absolute atomic E-state index is 0.0463. The van der Waals surface area contributed by atoms with Crippen LogP contribution in [0.2, 0.25) is 5.02 Å². The Balaban J connectivity index is 1.97. The van der Waals surface area contributed by atoms with E-state index < -0.39 is 0 Å². The first-order valence-electron chi connectivity index (χ1n) is 6.85. The molecule has 0 bridgehead atoms. The first-order chi connectivity index (χ1) is 9.39. The standard InChI is InChI=1S/C15H21ClN2O2/c1-15(5-7-18(2)8-6-15)10-17-14(20)12-9-11(19)3-4-13(12)16/h3-4,9,19H,5-8,10H2,1-2H3,(H,17,20). The third-order valence-corrected chi connectivity index (χ3v) is 4.39. The summed E-state index contributed by atoms with van der Waals surface area (Å²) >= 11 is 5.99. The molecule has 0 unspecified atom stereocenters. The zero-order chi connectivity index (χ0) is 14.8. The van der Waals surface area contributed by atoms with E-state index in [-0.39, 0.29) is 17.1 Å². The van der Waals surface area contributed by atoms with Crippen molar-refractivity contribution in [3.05, 3.63) is 28.8 Å². The highest BCUT2D eigenvalue weighted by atomic mass is 35.5. The Morgan fingerprint density at radius 1 is 1.45 bits per heavy atom. The minimum atomic E-state index is -0.231. The summed E-state index contributed by atoms with van der Waals surface area (Å²) in [6.07, 6.45) is 2.13. The summed E-state index contributed by atoms with van der Waals surface area (Å²) in [6, 6.07) is 4.40. The number of likely N-dealkylation sites (tertiary alicyclic amines) is 1. The van der Waals surface area contributed by atoms with Gasteiger partial charge >= 0.3 is 0 Å². The van der Waals surface area contributed by atoms with Gasteiger partial charge in [0, 0.05) is 6.54 Å². The fourth-order valence-electron chi connectivity index (χ4n) is 2.41. The summed E-state index contributed by atoms with van der Waals surface area (Å²) in [5, 5.41) is 12.7. The quantitative estimate of drug-likeness (QED) is 0.901. The first-order valence-corrected chi connectivity index (χ1v) is 7.23. The number of nitrogens with one attached hydrogen (secondary N) is 1. The molecule has 0 aliphatic carbocycles. The fraction of sp³-hybridized carbons (Fsp3) is 0.533. The second kappa shape index (κ2) is 6.02. The lowest BCUT2D eigenvalue weighted by Crippen LogP contribution is -2.43. The van der Waals surface area contributed by atoms with Gasteiger partial charge in [-0.15, -0.1) is 0 Å². The molecule has 0 saturated carbocycles. The fourth-order valence-corrected chi connectivity index (χ4v) is 2.61. The number of hydrogen-bond acceptors (Lipinski definition) is 3. The Morgan fingerprint density at radius 2 is 2.10 bits per heavy atom. The molecule has 1 aliphatic rings. The molecule has 1 amide bonds. The summed E-state index contributed by atoms with van der Waals surface area (Å²) < 4.78 is 0. The van der Waals surface area contributed by atoms with Crippen LogP contribution in [0.25, 0.3) is 0 Å². The van der Waals surface area contributed by atoms with Crippen molar-refractivity contribution in [3.63, 3.8) is 0 Å². The Labute approximate surface area is 124 Å². The largest absolute Gasteiger partial charge is 0.508 e. The van der Waals surface area contributed by atoms with Gasteiger partial charge in [-0.1, -0.05) is 18.5 Å². The van der Waals surface area contributed by atoms with Crippen LogP contribution in [0.1, 0.15) is 30.1 Å². The van der Waals surface area contributed by atoms with Gasteiger partial charge in [0.05, 0.1) is 10.6 Å². The Morgan fingerprint density at radius 3 is 2.75 bits per heavy atom. The second-order valence-electron chi connectivity index (χ2n) is 5.96. The van der Waals surface area contributed by atoms with Crippen LogP contribution in [0.5, 0.6) is 5.75 Å². The van der Waals surface area contributed by atoms with E-state index in [4.69, 9.17) is 11.6 Å². The lowest BCUT2D eigenvalue weighted by atomic mass is 9.80.